The molecule has 0 atom stereocenters. The van der Waals surface area contributed by atoms with Crippen LogP contribution < -0.4 is 10.2 Å². The molecule has 0 aliphatic carbocycles. The molecule has 35 heavy (non-hydrogen) atoms. The standard InChI is InChI=1S/C23H21F2N5O4S/c1-13-4-6-16(10-19(13)30(32)33)22(31)29-26-11-15-5-7-20(34-3)17(9-15)12-35-23-27-14(2)8-18(28-23)21(24)25/h4-11,21H,12H2,1-3H3,(H,29,31)/b26-11-. The third kappa shape index (κ3) is 6.79. The van der Waals surface area contributed by atoms with E-state index in [1.54, 1.807) is 32.0 Å². The number of hydrogen-bond donors (Lipinski definition) is 1. The normalized spacial score (nSPS) is 11.1. The van der Waals surface area contributed by atoms with Crippen molar-refractivity contribution in [3.63, 3.8) is 0 Å². The van der Waals surface area contributed by atoms with Crippen LogP contribution >= 0.6 is 11.8 Å². The lowest BCUT2D eigenvalue weighted by Crippen LogP contribution is -2.17. The summed E-state index contributed by atoms with van der Waals surface area (Å²) in [6.45, 7) is 3.21. The fourth-order valence-corrected chi connectivity index (χ4v) is 3.94. The third-order valence-corrected chi connectivity index (χ3v) is 5.68. The lowest BCUT2D eigenvalue weighted by Gasteiger charge is -2.10. The molecule has 2 aromatic carbocycles. The molecule has 0 fully saturated rings. The minimum atomic E-state index is -2.69. The Kier molecular flexibility index (Phi) is 8.42. The van der Waals surface area contributed by atoms with E-state index in [1.807, 2.05) is 0 Å². The van der Waals surface area contributed by atoms with Crippen molar-refractivity contribution in [2.75, 3.05) is 7.11 Å². The number of nitrogens with one attached hydrogen (secondary N) is 1. The first-order valence-electron chi connectivity index (χ1n) is 10.2. The number of alkyl halides is 2. The summed E-state index contributed by atoms with van der Waals surface area (Å²) in [5, 5.41) is 15.2. The molecule has 0 radical (unpaired) electrons. The highest BCUT2D eigenvalue weighted by atomic mass is 32.2. The summed E-state index contributed by atoms with van der Waals surface area (Å²) >= 11 is 1.18. The molecule has 0 aliphatic heterocycles. The molecule has 1 heterocycles. The fourth-order valence-electron chi connectivity index (χ4n) is 3.05. The Hall–Kier alpha value is -3.93. The highest BCUT2D eigenvalue weighted by Gasteiger charge is 2.15. The van der Waals surface area contributed by atoms with E-state index in [0.29, 0.717) is 28.3 Å². The molecule has 0 saturated carbocycles. The van der Waals surface area contributed by atoms with Crippen molar-refractivity contribution in [3.8, 4) is 5.75 Å². The zero-order valence-electron chi connectivity index (χ0n) is 19.0. The second-order valence-corrected chi connectivity index (χ2v) is 8.28. The SMILES string of the molecule is COc1ccc(/C=N\NC(=O)c2ccc(C)c([N+](=O)[O-])c2)cc1CSc1nc(C)cc(C(F)F)n1. The van der Waals surface area contributed by atoms with Crippen LogP contribution in [0.5, 0.6) is 5.75 Å². The van der Waals surface area contributed by atoms with Gasteiger partial charge in [0.25, 0.3) is 18.0 Å². The molecule has 0 saturated heterocycles. The number of hydrogen-bond acceptors (Lipinski definition) is 8. The van der Waals surface area contributed by atoms with Crippen LogP contribution in [0.4, 0.5) is 14.5 Å². The van der Waals surface area contributed by atoms with E-state index in [2.05, 4.69) is 20.5 Å². The molecule has 3 aromatic rings. The van der Waals surface area contributed by atoms with Gasteiger partial charge < -0.3 is 4.74 Å². The number of hydrazone groups is 1. The van der Waals surface area contributed by atoms with Crippen LogP contribution in [0.3, 0.4) is 0 Å². The van der Waals surface area contributed by atoms with Gasteiger partial charge in [0.2, 0.25) is 0 Å². The lowest BCUT2D eigenvalue weighted by atomic mass is 10.1. The number of halogens is 2. The van der Waals surface area contributed by atoms with Gasteiger partial charge in [0.05, 0.1) is 18.2 Å². The first-order valence-corrected chi connectivity index (χ1v) is 11.2. The molecule has 0 unspecified atom stereocenters. The fraction of sp³-hybridized carbons (Fsp3) is 0.217. The number of aromatic nitrogens is 2. The maximum Gasteiger partial charge on any atom is 0.280 e. The van der Waals surface area contributed by atoms with Crippen molar-refractivity contribution in [1.29, 1.82) is 0 Å². The van der Waals surface area contributed by atoms with Crippen molar-refractivity contribution in [3.05, 3.63) is 86.2 Å². The van der Waals surface area contributed by atoms with E-state index in [0.717, 1.165) is 5.56 Å². The Bertz CT molecular complexity index is 1290. The van der Waals surface area contributed by atoms with E-state index in [1.165, 1.54) is 49.4 Å². The minimum Gasteiger partial charge on any atom is -0.496 e. The molecule has 0 aliphatic rings. The van der Waals surface area contributed by atoms with Crippen LogP contribution in [-0.4, -0.2) is 34.1 Å². The number of nitrogens with zero attached hydrogens (tertiary/aromatic N) is 4. The second-order valence-electron chi connectivity index (χ2n) is 7.33. The molecule has 1 aromatic heterocycles. The quantitative estimate of drug-likeness (QED) is 0.144. The summed E-state index contributed by atoms with van der Waals surface area (Å²) in [5.74, 6) is 0.323. The number of carbonyl (C=O) groups excluding carboxylic acids is 1. The Morgan fingerprint density at radius 1 is 1.23 bits per heavy atom. The molecular formula is C23H21F2N5O4S. The molecule has 0 bridgehead atoms. The zero-order valence-corrected chi connectivity index (χ0v) is 19.8. The first kappa shape index (κ1) is 25.7. The molecule has 0 spiro atoms. The van der Waals surface area contributed by atoms with Crippen LogP contribution in [0.15, 0.2) is 52.7 Å². The topological polar surface area (TPSA) is 120 Å². The second kappa shape index (κ2) is 11.5. The van der Waals surface area contributed by atoms with Crippen molar-refractivity contribution in [1.82, 2.24) is 15.4 Å². The third-order valence-electron chi connectivity index (χ3n) is 4.79. The summed E-state index contributed by atoms with van der Waals surface area (Å²) in [4.78, 5) is 30.9. The predicted molar refractivity (Wildman–Crippen MR) is 127 cm³/mol. The van der Waals surface area contributed by atoms with E-state index in [4.69, 9.17) is 4.74 Å². The number of rotatable bonds is 9. The Morgan fingerprint density at radius 3 is 2.69 bits per heavy atom. The Balaban J connectivity index is 1.71. The van der Waals surface area contributed by atoms with Gasteiger partial charge in [-0.3, -0.25) is 14.9 Å². The molecular weight excluding hydrogens is 480 g/mol. The van der Waals surface area contributed by atoms with E-state index in [-0.39, 0.29) is 22.1 Å². The van der Waals surface area contributed by atoms with Gasteiger partial charge in [-0.1, -0.05) is 17.8 Å². The van der Waals surface area contributed by atoms with Crippen LogP contribution in [0.25, 0.3) is 0 Å². The van der Waals surface area contributed by atoms with Gasteiger partial charge in [0.1, 0.15) is 11.4 Å². The summed E-state index contributed by atoms with van der Waals surface area (Å²) in [5.41, 5.74) is 4.23. The van der Waals surface area contributed by atoms with Gasteiger partial charge in [-0.05, 0) is 49.7 Å². The molecule has 3 rings (SSSR count). The average Bonchev–Trinajstić information content (AvgIpc) is 2.82. The van der Waals surface area contributed by atoms with Crippen molar-refractivity contribution >= 4 is 29.6 Å². The highest BCUT2D eigenvalue weighted by molar-refractivity contribution is 7.98. The molecule has 12 heteroatoms. The van der Waals surface area contributed by atoms with Crippen LogP contribution in [0.1, 0.15) is 44.9 Å². The van der Waals surface area contributed by atoms with Gasteiger partial charge in [-0.2, -0.15) is 5.10 Å². The lowest BCUT2D eigenvalue weighted by molar-refractivity contribution is -0.385. The number of nitro benzene ring substituents is 1. The van der Waals surface area contributed by atoms with Crippen LogP contribution in [-0.2, 0) is 5.75 Å². The van der Waals surface area contributed by atoms with Gasteiger partial charge >= 0.3 is 0 Å². The average molecular weight is 502 g/mol. The van der Waals surface area contributed by atoms with Gasteiger partial charge in [0.15, 0.2) is 5.16 Å². The maximum atomic E-state index is 13.0. The number of aryl methyl sites for hydroxylation is 2. The predicted octanol–water partition coefficient (Wildman–Crippen LogP) is 5.00. The van der Waals surface area contributed by atoms with Crippen molar-refractivity contribution in [2.45, 2.75) is 31.2 Å². The summed E-state index contributed by atoms with van der Waals surface area (Å²) in [6, 6.07) is 10.6. The van der Waals surface area contributed by atoms with E-state index in [9.17, 15) is 23.7 Å². The smallest absolute Gasteiger partial charge is 0.280 e. The van der Waals surface area contributed by atoms with Crippen molar-refractivity contribution in [2.24, 2.45) is 5.10 Å². The monoisotopic (exact) mass is 501 g/mol. The number of benzene rings is 2. The highest BCUT2D eigenvalue weighted by Crippen LogP contribution is 2.28. The molecule has 1 N–H and O–H groups in total. The minimum absolute atomic E-state index is 0.104. The Labute approximate surface area is 203 Å². The largest absolute Gasteiger partial charge is 0.496 e. The summed E-state index contributed by atoms with van der Waals surface area (Å²) in [6.07, 6.45) is -1.28. The number of ether oxygens (including phenoxy) is 1. The van der Waals surface area contributed by atoms with Gasteiger partial charge in [-0.15, -0.1) is 0 Å². The maximum absolute atomic E-state index is 13.0. The number of nitro groups is 1. The molecule has 182 valence electrons. The molecule has 1 amide bonds. The Morgan fingerprint density at radius 2 is 2.00 bits per heavy atom. The van der Waals surface area contributed by atoms with Crippen LogP contribution in [0.2, 0.25) is 0 Å². The summed E-state index contributed by atoms with van der Waals surface area (Å²) < 4.78 is 31.4. The van der Waals surface area contributed by atoms with Crippen LogP contribution in [0, 0.1) is 24.0 Å². The number of thioether (sulfide) groups is 1. The number of amides is 1. The number of methoxy groups -OCH3 is 1. The number of carbonyl (C=O) groups is 1. The van der Waals surface area contributed by atoms with Gasteiger partial charge in [0, 0.05) is 34.2 Å². The summed E-state index contributed by atoms with van der Waals surface area (Å²) in [7, 11) is 1.51. The zero-order chi connectivity index (χ0) is 25.5. The first-order chi connectivity index (χ1) is 16.7. The molecule has 9 nitrogen and oxygen atoms in total. The van der Waals surface area contributed by atoms with Crippen molar-refractivity contribution < 1.29 is 23.2 Å². The van der Waals surface area contributed by atoms with E-state index >= 15 is 0 Å². The van der Waals surface area contributed by atoms with Gasteiger partial charge in [-0.25, -0.2) is 24.2 Å². The van der Waals surface area contributed by atoms with E-state index < -0.39 is 17.3 Å².